The van der Waals surface area contributed by atoms with Crippen LogP contribution in [0.3, 0.4) is 0 Å². The van der Waals surface area contributed by atoms with Crippen LogP contribution in [0.5, 0.6) is 0 Å². The van der Waals surface area contributed by atoms with Gasteiger partial charge in [0, 0.05) is 12.1 Å². The summed E-state index contributed by atoms with van der Waals surface area (Å²) in [5, 5.41) is 13.5. The molecule has 0 saturated carbocycles. The fraction of sp³-hybridized carbons (Fsp3) is 0.133. The standard InChI is InChI=1S/C15H15N5O2/c1-10-8-14(20(18-10)12-6-4-3-5-7-12)17-15(21)16-13-9-11(2)22-19-13/h3-9H,1-2H3,(H2,16,17,19,21). The van der Waals surface area contributed by atoms with Gasteiger partial charge in [-0.05, 0) is 26.0 Å². The van der Waals surface area contributed by atoms with Crippen molar-refractivity contribution in [1.82, 2.24) is 14.9 Å². The van der Waals surface area contributed by atoms with Gasteiger partial charge in [0.05, 0.1) is 11.4 Å². The SMILES string of the molecule is Cc1cc(NC(=O)Nc2cc(C)on2)n(-c2ccccc2)n1. The molecule has 0 saturated heterocycles. The zero-order chi connectivity index (χ0) is 15.5. The van der Waals surface area contributed by atoms with Crippen molar-refractivity contribution in [2.45, 2.75) is 13.8 Å². The number of rotatable bonds is 3. The summed E-state index contributed by atoms with van der Waals surface area (Å²) in [5.74, 6) is 1.55. The molecule has 22 heavy (non-hydrogen) atoms. The van der Waals surface area contributed by atoms with E-state index in [2.05, 4.69) is 20.9 Å². The van der Waals surface area contributed by atoms with Gasteiger partial charge < -0.3 is 4.52 Å². The van der Waals surface area contributed by atoms with Gasteiger partial charge in [0.25, 0.3) is 0 Å². The lowest BCUT2D eigenvalue weighted by molar-refractivity contribution is 0.261. The van der Waals surface area contributed by atoms with Gasteiger partial charge in [-0.15, -0.1) is 0 Å². The molecule has 112 valence electrons. The van der Waals surface area contributed by atoms with E-state index >= 15 is 0 Å². The third-order valence-electron chi connectivity index (χ3n) is 2.94. The monoisotopic (exact) mass is 297 g/mol. The fourth-order valence-electron chi connectivity index (χ4n) is 2.04. The Morgan fingerprint density at radius 2 is 1.91 bits per heavy atom. The van der Waals surface area contributed by atoms with Gasteiger partial charge in [-0.3, -0.25) is 10.6 Å². The number of hydrogen-bond acceptors (Lipinski definition) is 4. The Morgan fingerprint density at radius 3 is 2.59 bits per heavy atom. The molecule has 0 radical (unpaired) electrons. The van der Waals surface area contributed by atoms with Crippen LogP contribution in [0.25, 0.3) is 5.69 Å². The second-order valence-electron chi connectivity index (χ2n) is 4.82. The first-order valence-corrected chi connectivity index (χ1v) is 6.75. The Bertz CT molecular complexity index is 791. The summed E-state index contributed by atoms with van der Waals surface area (Å²) in [6, 6.07) is 12.6. The molecule has 2 heterocycles. The van der Waals surface area contributed by atoms with Gasteiger partial charge in [0.15, 0.2) is 5.82 Å². The second kappa shape index (κ2) is 5.72. The third-order valence-corrected chi connectivity index (χ3v) is 2.94. The number of amides is 2. The van der Waals surface area contributed by atoms with Crippen LogP contribution in [0, 0.1) is 13.8 Å². The van der Waals surface area contributed by atoms with Crippen molar-refractivity contribution >= 4 is 17.7 Å². The summed E-state index contributed by atoms with van der Waals surface area (Å²) in [6.45, 7) is 3.62. The molecule has 2 N–H and O–H groups in total. The van der Waals surface area contributed by atoms with Gasteiger partial charge in [0.2, 0.25) is 0 Å². The fourth-order valence-corrected chi connectivity index (χ4v) is 2.04. The number of aryl methyl sites for hydroxylation is 2. The van der Waals surface area contributed by atoms with E-state index in [0.717, 1.165) is 11.4 Å². The number of carbonyl (C=O) groups excluding carboxylic acids is 1. The molecule has 0 fully saturated rings. The molecule has 0 bridgehead atoms. The summed E-state index contributed by atoms with van der Waals surface area (Å²) in [4.78, 5) is 12.0. The second-order valence-corrected chi connectivity index (χ2v) is 4.82. The number of nitrogens with zero attached hydrogens (tertiary/aromatic N) is 3. The Kier molecular flexibility index (Phi) is 3.61. The van der Waals surface area contributed by atoms with Crippen molar-refractivity contribution in [3.8, 4) is 5.69 Å². The largest absolute Gasteiger partial charge is 0.360 e. The lowest BCUT2D eigenvalue weighted by atomic mass is 10.3. The lowest BCUT2D eigenvalue weighted by Crippen LogP contribution is -2.21. The van der Waals surface area contributed by atoms with Crippen molar-refractivity contribution in [1.29, 1.82) is 0 Å². The predicted octanol–water partition coefficient (Wildman–Crippen LogP) is 3.12. The van der Waals surface area contributed by atoms with Crippen LogP contribution in [0.15, 0.2) is 47.0 Å². The van der Waals surface area contributed by atoms with E-state index in [-0.39, 0.29) is 0 Å². The maximum absolute atomic E-state index is 12.0. The number of nitrogens with one attached hydrogen (secondary N) is 2. The van der Waals surface area contributed by atoms with Gasteiger partial charge in [-0.25, -0.2) is 9.48 Å². The number of hydrogen-bond donors (Lipinski definition) is 2. The van der Waals surface area contributed by atoms with Crippen LogP contribution in [0.1, 0.15) is 11.5 Å². The van der Waals surface area contributed by atoms with Crippen LogP contribution < -0.4 is 10.6 Å². The number of anilines is 2. The van der Waals surface area contributed by atoms with Crippen molar-refractivity contribution in [2.75, 3.05) is 10.6 Å². The van der Waals surface area contributed by atoms with E-state index in [9.17, 15) is 4.79 Å². The normalized spacial score (nSPS) is 10.5. The van der Waals surface area contributed by atoms with E-state index in [1.807, 2.05) is 37.3 Å². The van der Waals surface area contributed by atoms with Crippen LogP contribution in [0.4, 0.5) is 16.4 Å². The highest BCUT2D eigenvalue weighted by molar-refractivity contribution is 5.98. The highest BCUT2D eigenvalue weighted by Crippen LogP contribution is 2.17. The molecule has 0 spiro atoms. The minimum atomic E-state index is -0.412. The van der Waals surface area contributed by atoms with E-state index in [0.29, 0.717) is 17.4 Å². The molecular weight excluding hydrogens is 282 g/mol. The Morgan fingerprint density at radius 1 is 1.14 bits per heavy atom. The number of urea groups is 1. The van der Waals surface area contributed by atoms with Gasteiger partial charge >= 0.3 is 6.03 Å². The van der Waals surface area contributed by atoms with E-state index in [1.54, 1.807) is 23.7 Å². The van der Waals surface area contributed by atoms with Crippen molar-refractivity contribution in [3.63, 3.8) is 0 Å². The smallest absolute Gasteiger partial charge is 0.326 e. The van der Waals surface area contributed by atoms with Crippen LogP contribution in [-0.4, -0.2) is 21.0 Å². The number of carbonyl (C=O) groups is 1. The van der Waals surface area contributed by atoms with Crippen LogP contribution in [0.2, 0.25) is 0 Å². The predicted molar refractivity (Wildman–Crippen MR) is 82.2 cm³/mol. The van der Waals surface area contributed by atoms with Crippen molar-refractivity contribution in [2.24, 2.45) is 0 Å². The average molecular weight is 297 g/mol. The molecule has 7 nitrogen and oxygen atoms in total. The van der Waals surface area contributed by atoms with Crippen LogP contribution >= 0.6 is 0 Å². The third kappa shape index (κ3) is 2.98. The average Bonchev–Trinajstić information content (AvgIpc) is 3.06. The molecule has 2 aromatic heterocycles. The maximum Gasteiger partial charge on any atom is 0.326 e. The minimum absolute atomic E-state index is 0.359. The lowest BCUT2D eigenvalue weighted by Gasteiger charge is -2.08. The molecule has 2 amide bonds. The molecule has 0 atom stereocenters. The molecule has 0 aliphatic carbocycles. The molecule has 0 unspecified atom stereocenters. The topological polar surface area (TPSA) is 85.0 Å². The van der Waals surface area contributed by atoms with Gasteiger partial charge in [-0.1, -0.05) is 23.4 Å². The maximum atomic E-state index is 12.0. The molecule has 0 aliphatic rings. The number of aromatic nitrogens is 3. The molecule has 3 aromatic rings. The summed E-state index contributed by atoms with van der Waals surface area (Å²) in [7, 11) is 0. The van der Waals surface area contributed by atoms with E-state index in [4.69, 9.17) is 4.52 Å². The summed E-state index contributed by atoms with van der Waals surface area (Å²) >= 11 is 0. The minimum Gasteiger partial charge on any atom is -0.360 e. The molecule has 7 heteroatoms. The molecule has 3 rings (SSSR count). The number of para-hydroxylation sites is 1. The summed E-state index contributed by atoms with van der Waals surface area (Å²) < 4.78 is 6.57. The van der Waals surface area contributed by atoms with Gasteiger partial charge in [0.1, 0.15) is 11.6 Å². The molecule has 1 aromatic carbocycles. The highest BCUT2D eigenvalue weighted by atomic mass is 16.5. The first-order chi connectivity index (χ1) is 10.6. The summed E-state index contributed by atoms with van der Waals surface area (Å²) in [5.41, 5.74) is 1.67. The van der Waals surface area contributed by atoms with Gasteiger partial charge in [-0.2, -0.15) is 5.10 Å². The molecule has 0 aliphatic heterocycles. The number of benzene rings is 1. The Hall–Kier alpha value is -3.09. The molecular formula is C15H15N5O2. The Labute approximate surface area is 126 Å². The highest BCUT2D eigenvalue weighted by Gasteiger charge is 2.12. The zero-order valence-corrected chi connectivity index (χ0v) is 12.2. The summed E-state index contributed by atoms with van der Waals surface area (Å²) in [6.07, 6.45) is 0. The van der Waals surface area contributed by atoms with Crippen LogP contribution in [-0.2, 0) is 0 Å². The quantitative estimate of drug-likeness (QED) is 0.777. The first kappa shape index (κ1) is 13.9. The van der Waals surface area contributed by atoms with E-state index in [1.165, 1.54) is 0 Å². The van der Waals surface area contributed by atoms with Crippen molar-refractivity contribution < 1.29 is 9.32 Å². The van der Waals surface area contributed by atoms with E-state index < -0.39 is 6.03 Å². The van der Waals surface area contributed by atoms with Crippen molar-refractivity contribution in [3.05, 3.63) is 53.9 Å². The first-order valence-electron chi connectivity index (χ1n) is 6.75. The zero-order valence-electron chi connectivity index (χ0n) is 12.2. The Balaban J connectivity index is 1.79.